The SMILES string of the molecule is Cc1ccc(N=CC2C(=O)CCc3c2oc2c(Cl)c(Cl)c(O)cc32)cc1. The fourth-order valence-corrected chi connectivity index (χ4v) is 3.60. The van der Waals surface area contributed by atoms with Crippen LogP contribution < -0.4 is 0 Å². The van der Waals surface area contributed by atoms with E-state index in [-0.39, 0.29) is 21.6 Å². The standard InChI is InChI=1S/C20H15Cl2NO3/c1-10-2-4-11(5-3-10)23-9-14-15(24)7-6-12-13-8-16(25)17(21)18(22)20(13)26-19(12)14/h2-5,8-9,14,25H,6-7H2,1H3. The Labute approximate surface area is 160 Å². The summed E-state index contributed by atoms with van der Waals surface area (Å²) < 4.78 is 5.91. The lowest BCUT2D eigenvalue weighted by Gasteiger charge is -2.16. The lowest BCUT2D eigenvalue weighted by atomic mass is 9.87. The maximum absolute atomic E-state index is 12.5. The normalized spacial score (nSPS) is 17.2. The van der Waals surface area contributed by atoms with E-state index in [9.17, 15) is 9.90 Å². The highest BCUT2D eigenvalue weighted by molar-refractivity contribution is 6.45. The minimum Gasteiger partial charge on any atom is -0.506 e. The number of halogens is 2. The number of benzene rings is 2. The van der Waals surface area contributed by atoms with E-state index in [1.54, 1.807) is 6.21 Å². The number of carbonyl (C=O) groups is 1. The molecule has 0 spiro atoms. The third-order valence-electron chi connectivity index (χ3n) is 4.63. The van der Waals surface area contributed by atoms with Crippen LogP contribution in [0.25, 0.3) is 11.0 Å². The number of rotatable bonds is 2. The van der Waals surface area contributed by atoms with Crippen molar-refractivity contribution in [2.24, 2.45) is 4.99 Å². The Morgan fingerprint density at radius 2 is 1.92 bits per heavy atom. The van der Waals surface area contributed by atoms with Crippen molar-refractivity contribution in [3.8, 4) is 5.75 Å². The van der Waals surface area contributed by atoms with Crippen LogP contribution in [0.15, 0.2) is 39.7 Å². The van der Waals surface area contributed by atoms with Gasteiger partial charge >= 0.3 is 0 Å². The summed E-state index contributed by atoms with van der Waals surface area (Å²) in [5, 5.41) is 10.8. The van der Waals surface area contributed by atoms with Gasteiger partial charge < -0.3 is 9.52 Å². The summed E-state index contributed by atoms with van der Waals surface area (Å²) in [4.78, 5) is 16.9. The highest BCUT2D eigenvalue weighted by atomic mass is 35.5. The van der Waals surface area contributed by atoms with E-state index in [4.69, 9.17) is 27.6 Å². The van der Waals surface area contributed by atoms with Crippen LogP contribution in [-0.2, 0) is 11.2 Å². The fraction of sp³-hybridized carbons (Fsp3) is 0.200. The second-order valence-corrected chi connectivity index (χ2v) is 7.16. The predicted octanol–water partition coefficient (Wildman–Crippen LogP) is 5.76. The molecule has 1 aliphatic carbocycles. The molecule has 0 bridgehead atoms. The Kier molecular flexibility index (Phi) is 4.25. The van der Waals surface area contributed by atoms with Gasteiger partial charge in [-0.15, -0.1) is 0 Å². The molecular formula is C20H15Cl2NO3. The van der Waals surface area contributed by atoms with E-state index in [2.05, 4.69) is 4.99 Å². The van der Waals surface area contributed by atoms with Crippen molar-refractivity contribution in [2.45, 2.75) is 25.7 Å². The van der Waals surface area contributed by atoms with E-state index in [0.29, 0.717) is 29.6 Å². The van der Waals surface area contributed by atoms with Crippen LogP contribution in [0.3, 0.4) is 0 Å². The van der Waals surface area contributed by atoms with E-state index in [0.717, 1.165) is 16.8 Å². The molecule has 1 aromatic heterocycles. The number of fused-ring (bicyclic) bond motifs is 3. The molecule has 1 atom stereocenters. The third-order valence-corrected chi connectivity index (χ3v) is 5.47. The van der Waals surface area contributed by atoms with Gasteiger partial charge in [0.05, 0.1) is 5.69 Å². The monoisotopic (exact) mass is 387 g/mol. The molecule has 1 unspecified atom stereocenters. The summed E-state index contributed by atoms with van der Waals surface area (Å²) in [6.45, 7) is 2.00. The summed E-state index contributed by atoms with van der Waals surface area (Å²) in [5.41, 5.74) is 3.17. The number of nitrogens with zero attached hydrogens (tertiary/aromatic N) is 1. The van der Waals surface area contributed by atoms with Crippen molar-refractivity contribution in [3.05, 3.63) is 57.3 Å². The smallest absolute Gasteiger partial charge is 0.155 e. The van der Waals surface area contributed by atoms with Crippen LogP contribution in [0.5, 0.6) is 5.75 Å². The molecule has 26 heavy (non-hydrogen) atoms. The molecule has 132 valence electrons. The zero-order chi connectivity index (χ0) is 18.4. The van der Waals surface area contributed by atoms with Gasteiger partial charge in [0.2, 0.25) is 0 Å². The van der Waals surface area contributed by atoms with Crippen LogP contribution in [0, 0.1) is 6.92 Å². The number of phenols is 1. The number of ketones is 1. The largest absolute Gasteiger partial charge is 0.506 e. The quantitative estimate of drug-likeness (QED) is 0.568. The average molecular weight is 388 g/mol. The van der Waals surface area contributed by atoms with Gasteiger partial charge in [0, 0.05) is 23.6 Å². The molecular weight excluding hydrogens is 373 g/mol. The van der Waals surface area contributed by atoms with Gasteiger partial charge in [0.1, 0.15) is 33.3 Å². The minimum atomic E-state index is -0.579. The van der Waals surface area contributed by atoms with E-state index in [1.165, 1.54) is 6.07 Å². The van der Waals surface area contributed by atoms with Crippen LogP contribution in [0.1, 0.15) is 29.2 Å². The first-order chi connectivity index (χ1) is 12.5. The van der Waals surface area contributed by atoms with Crippen LogP contribution in [0.4, 0.5) is 5.69 Å². The van der Waals surface area contributed by atoms with Crippen molar-refractivity contribution >= 4 is 51.9 Å². The molecule has 4 rings (SSSR count). The van der Waals surface area contributed by atoms with Crippen molar-refractivity contribution < 1.29 is 14.3 Å². The number of furan rings is 1. The molecule has 6 heteroatoms. The van der Waals surface area contributed by atoms with Gasteiger partial charge in [0.25, 0.3) is 0 Å². The van der Waals surface area contributed by atoms with E-state index in [1.807, 2.05) is 31.2 Å². The summed E-state index contributed by atoms with van der Waals surface area (Å²) in [6.07, 6.45) is 2.53. The topological polar surface area (TPSA) is 62.8 Å². The highest BCUT2D eigenvalue weighted by Crippen LogP contribution is 2.44. The summed E-state index contributed by atoms with van der Waals surface area (Å²) in [7, 11) is 0. The molecule has 1 N–H and O–H groups in total. The van der Waals surface area contributed by atoms with Gasteiger partial charge in [-0.3, -0.25) is 9.79 Å². The molecule has 0 radical (unpaired) electrons. The number of hydrogen-bond donors (Lipinski definition) is 1. The Bertz CT molecular complexity index is 1050. The summed E-state index contributed by atoms with van der Waals surface area (Å²) >= 11 is 12.2. The molecule has 0 aliphatic heterocycles. The van der Waals surface area contributed by atoms with Crippen molar-refractivity contribution in [3.63, 3.8) is 0 Å². The second-order valence-electron chi connectivity index (χ2n) is 6.40. The van der Waals surface area contributed by atoms with Gasteiger partial charge in [0.15, 0.2) is 5.58 Å². The number of aromatic hydroxyl groups is 1. The maximum Gasteiger partial charge on any atom is 0.155 e. The van der Waals surface area contributed by atoms with E-state index >= 15 is 0 Å². The maximum atomic E-state index is 12.5. The predicted molar refractivity (Wildman–Crippen MR) is 103 cm³/mol. The number of hydrogen-bond acceptors (Lipinski definition) is 4. The highest BCUT2D eigenvalue weighted by Gasteiger charge is 2.33. The molecule has 0 fully saturated rings. The molecule has 0 amide bonds. The average Bonchev–Trinajstić information content (AvgIpc) is 2.99. The Morgan fingerprint density at radius 1 is 1.19 bits per heavy atom. The molecule has 1 heterocycles. The van der Waals surface area contributed by atoms with Crippen molar-refractivity contribution in [2.75, 3.05) is 0 Å². The molecule has 3 aromatic rings. The zero-order valence-electron chi connectivity index (χ0n) is 13.9. The Morgan fingerprint density at radius 3 is 2.65 bits per heavy atom. The first kappa shape index (κ1) is 17.1. The Hall–Kier alpha value is -2.30. The van der Waals surface area contributed by atoms with Crippen LogP contribution >= 0.6 is 23.2 Å². The molecule has 4 nitrogen and oxygen atoms in total. The van der Waals surface area contributed by atoms with Gasteiger partial charge in [-0.2, -0.15) is 0 Å². The summed E-state index contributed by atoms with van der Waals surface area (Å²) in [5.74, 6) is -0.117. The van der Waals surface area contributed by atoms with Gasteiger partial charge in [-0.05, 0) is 31.5 Å². The van der Waals surface area contributed by atoms with Crippen LogP contribution in [0.2, 0.25) is 10.0 Å². The number of Topliss-reactive ketones (excluding diaryl/α,β-unsaturated/α-hetero) is 1. The third kappa shape index (κ3) is 2.79. The molecule has 2 aromatic carbocycles. The fourth-order valence-electron chi connectivity index (χ4n) is 3.23. The first-order valence-corrected chi connectivity index (χ1v) is 8.97. The van der Waals surface area contributed by atoms with Crippen molar-refractivity contribution in [1.82, 2.24) is 0 Å². The number of carbonyl (C=O) groups excluding carboxylic acids is 1. The first-order valence-electron chi connectivity index (χ1n) is 8.21. The summed E-state index contributed by atoms with van der Waals surface area (Å²) in [6, 6.07) is 9.26. The lowest BCUT2D eigenvalue weighted by molar-refractivity contribution is -0.119. The molecule has 1 aliphatic rings. The zero-order valence-corrected chi connectivity index (χ0v) is 15.4. The van der Waals surface area contributed by atoms with E-state index < -0.39 is 5.92 Å². The van der Waals surface area contributed by atoms with Crippen LogP contribution in [-0.4, -0.2) is 17.1 Å². The van der Waals surface area contributed by atoms with Crippen molar-refractivity contribution in [1.29, 1.82) is 0 Å². The second kappa shape index (κ2) is 6.45. The number of aliphatic imine (C=N–C) groups is 1. The lowest BCUT2D eigenvalue weighted by Crippen LogP contribution is -2.20. The minimum absolute atomic E-state index is 0.0406. The van der Waals surface area contributed by atoms with Gasteiger partial charge in [-0.1, -0.05) is 40.9 Å². The van der Waals surface area contributed by atoms with Gasteiger partial charge in [-0.25, -0.2) is 0 Å². The molecule has 0 saturated carbocycles. The molecule has 0 saturated heterocycles. The Balaban J connectivity index is 1.81. The number of aryl methyl sites for hydroxylation is 2. The number of phenolic OH excluding ortho intramolecular Hbond substituents is 1.